The Hall–Kier alpha value is -1.42. The molecule has 16 heavy (non-hydrogen) atoms. The van der Waals surface area contributed by atoms with Crippen LogP contribution in [-0.4, -0.2) is 16.3 Å². The topological polar surface area (TPSA) is 25.2 Å². The van der Waals surface area contributed by atoms with Crippen LogP contribution in [0.25, 0.3) is 10.9 Å². The minimum absolute atomic E-state index is 0.0217. The van der Waals surface area contributed by atoms with Crippen LogP contribution < -0.4 is 0 Å². The van der Waals surface area contributed by atoms with E-state index in [9.17, 15) is 8.78 Å². The Kier molecular flexibility index (Phi) is 2.68. The molecule has 0 bridgehead atoms. The van der Waals surface area contributed by atoms with Crippen molar-refractivity contribution in [2.24, 2.45) is 7.05 Å². The number of aryl methyl sites for hydroxylation is 1. The lowest BCUT2D eigenvalue weighted by molar-refractivity contribution is -0.0258. The molecule has 1 aromatic heterocycles. The molecule has 0 atom stereocenters. The van der Waals surface area contributed by atoms with Gasteiger partial charge in [-0.15, -0.1) is 0 Å². The Morgan fingerprint density at radius 2 is 2.06 bits per heavy atom. The van der Waals surface area contributed by atoms with Crippen LogP contribution in [-0.2, 0) is 13.0 Å². The van der Waals surface area contributed by atoms with Gasteiger partial charge in [-0.3, -0.25) is 0 Å². The molecule has 0 spiro atoms. The van der Waals surface area contributed by atoms with Crippen LogP contribution in [0.5, 0.6) is 0 Å². The van der Waals surface area contributed by atoms with Crippen molar-refractivity contribution in [1.82, 2.24) is 4.57 Å². The molecule has 0 fully saturated rings. The number of rotatable bonds is 3. The van der Waals surface area contributed by atoms with Crippen LogP contribution >= 0.6 is 0 Å². The monoisotopic (exact) mass is 225 g/mol. The lowest BCUT2D eigenvalue weighted by atomic mass is 10.0. The molecule has 0 aliphatic heterocycles. The first-order valence-corrected chi connectivity index (χ1v) is 5.09. The van der Waals surface area contributed by atoms with Crippen molar-refractivity contribution in [3.05, 3.63) is 36.0 Å². The maximum Gasteiger partial charge on any atom is 0.277 e. The number of alkyl halides is 2. The molecule has 86 valence electrons. The van der Waals surface area contributed by atoms with E-state index in [0.717, 1.165) is 5.39 Å². The minimum Gasteiger partial charge on any atom is -0.396 e. The molecule has 0 aliphatic carbocycles. The summed E-state index contributed by atoms with van der Waals surface area (Å²) in [6.07, 6.45) is 1.21. The highest BCUT2D eigenvalue weighted by Crippen LogP contribution is 2.36. The van der Waals surface area contributed by atoms with Crippen LogP contribution in [0.4, 0.5) is 8.78 Å². The fourth-order valence-corrected chi connectivity index (χ4v) is 1.93. The van der Waals surface area contributed by atoms with Crippen molar-refractivity contribution in [3.8, 4) is 0 Å². The van der Waals surface area contributed by atoms with E-state index in [-0.39, 0.29) is 5.56 Å². The molecule has 2 aromatic rings. The molecule has 0 saturated carbocycles. The highest BCUT2D eigenvalue weighted by Gasteiger charge is 2.33. The zero-order valence-corrected chi connectivity index (χ0v) is 8.95. The molecule has 0 radical (unpaired) electrons. The number of hydrogen-bond donors (Lipinski definition) is 1. The number of aliphatic hydroxyl groups is 1. The first-order valence-electron chi connectivity index (χ1n) is 5.09. The predicted molar refractivity (Wildman–Crippen MR) is 58.5 cm³/mol. The van der Waals surface area contributed by atoms with E-state index in [0.29, 0.717) is 5.52 Å². The first kappa shape index (κ1) is 11.1. The van der Waals surface area contributed by atoms with E-state index in [1.807, 2.05) is 0 Å². The van der Waals surface area contributed by atoms with Crippen molar-refractivity contribution in [2.45, 2.75) is 12.3 Å². The average molecular weight is 225 g/mol. The molecule has 1 heterocycles. The zero-order chi connectivity index (χ0) is 11.8. The lowest BCUT2D eigenvalue weighted by Crippen LogP contribution is -2.16. The third-order valence-corrected chi connectivity index (χ3v) is 2.72. The number of aliphatic hydroxyl groups excluding tert-OH is 1. The van der Waals surface area contributed by atoms with Crippen LogP contribution in [0.3, 0.4) is 0 Å². The number of hydrogen-bond acceptors (Lipinski definition) is 1. The van der Waals surface area contributed by atoms with Crippen molar-refractivity contribution in [2.75, 3.05) is 6.61 Å². The Morgan fingerprint density at radius 1 is 1.31 bits per heavy atom. The van der Waals surface area contributed by atoms with E-state index in [4.69, 9.17) is 5.11 Å². The Bertz CT molecular complexity index is 505. The quantitative estimate of drug-likeness (QED) is 0.853. The molecule has 2 nitrogen and oxygen atoms in total. The van der Waals surface area contributed by atoms with E-state index in [2.05, 4.69) is 0 Å². The Balaban J connectivity index is 2.63. The smallest absolute Gasteiger partial charge is 0.277 e. The summed E-state index contributed by atoms with van der Waals surface area (Å²) in [5.41, 5.74) is 0.507. The van der Waals surface area contributed by atoms with E-state index in [1.54, 1.807) is 36.0 Å². The third kappa shape index (κ3) is 1.69. The first-order chi connectivity index (χ1) is 7.56. The SMILES string of the molecule is Cn1ccc2cccc(C(F)(F)CCO)c21. The molecule has 1 aromatic carbocycles. The second-order valence-corrected chi connectivity index (χ2v) is 3.85. The summed E-state index contributed by atoms with van der Waals surface area (Å²) in [6, 6.07) is 6.63. The summed E-state index contributed by atoms with van der Waals surface area (Å²) < 4.78 is 29.2. The van der Waals surface area contributed by atoms with Crippen LogP contribution in [0.1, 0.15) is 12.0 Å². The van der Waals surface area contributed by atoms with Gasteiger partial charge < -0.3 is 9.67 Å². The molecular weight excluding hydrogens is 212 g/mol. The summed E-state index contributed by atoms with van der Waals surface area (Å²) in [6.45, 7) is -0.520. The van der Waals surface area contributed by atoms with Gasteiger partial charge in [0.2, 0.25) is 0 Å². The summed E-state index contributed by atoms with van der Waals surface area (Å²) >= 11 is 0. The maximum absolute atomic E-state index is 13.8. The Labute approximate surface area is 92.1 Å². The van der Waals surface area contributed by atoms with Gasteiger partial charge in [-0.05, 0) is 6.07 Å². The van der Waals surface area contributed by atoms with Gasteiger partial charge in [0.15, 0.2) is 0 Å². The molecule has 0 amide bonds. The maximum atomic E-state index is 13.8. The molecule has 0 aliphatic rings. The van der Waals surface area contributed by atoms with Crippen molar-refractivity contribution < 1.29 is 13.9 Å². The van der Waals surface area contributed by atoms with Crippen molar-refractivity contribution >= 4 is 10.9 Å². The van der Waals surface area contributed by atoms with Crippen LogP contribution in [0, 0.1) is 0 Å². The van der Waals surface area contributed by atoms with E-state index >= 15 is 0 Å². The standard InChI is InChI=1S/C12H13F2NO/c1-15-7-5-9-3-2-4-10(11(9)15)12(13,14)6-8-16/h2-5,7,16H,6,8H2,1H3. The molecule has 1 N–H and O–H groups in total. The van der Waals surface area contributed by atoms with Crippen molar-refractivity contribution in [3.63, 3.8) is 0 Å². The summed E-state index contributed by atoms with van der Waals surface area (Å²) in [5, 5.41) is 9.46. The number of benzene rings is 1. The van der Waals surface area contributed by atoms with Crippen LogP contribution in [0.2, 0.25) is 0 Å². The van der Waals surface area contributed by atoms with Gasteiger partial charge in [0.05, 0.1) is 5.52 Å². The normalized spacial score (nSPS) is 12.2. The summed E-state index contributed by atoms with van der Waals surface area (Å²) in [7, 11) is 1.74. The average Bonchev–Trinajstić information content (AvgIpc) is 2.60. The van der Waals surface area contributed by atoms with Gasteiger partial charge in [0.1, 0.15) is 0 Å². The van der Waals surface area contributed by atoms with Gasteiger partial charge in [0, 0.05) is 37.2 Å². The third-order valence-electron chi connectivity index (χ3n) is 2.72. The van der Waals surface area contributed by atoms with Gasteiger partial charge >= 0.3 is 0 Å². The van der Waals surface area contributed by atoms with E-state index in [1.165, 1.54) is 6.07 Å². The highest BCUT2D eigenvalue weighted by molar-refractivity contribution is 5.83. The lowest BCUT2D eigenvalue weighted by Gasteiger charge is -2.17. The summed E-state index contributed by atoms with van der Waals surface area (Å²) in [4.78, 5) is 0. The Morgan fingerprint density at radius 3 is 2.75 bits per heavy atom. The fourth-order valence-electron chi connectivity index (χ4n) is 1.93. The number of aromatic nitrogens is 1. The van der Waals surface area contributed by atoms with Gasteiger partial charge in [0.25, 0.3) is 5.92 Å². The second kappa shape index (κ2) is 3.87. The van der Waals surface area contributed by atoms with E-state index < -0.39 is 19.0 Å². The number of para-hydroxylation sites is 1. The number of fused-ring (bicyclic) bond motifs is 1. The highest BCUT2D eigenvalue weighted by atomic mass is 19.3. The van der Waals surface area contributed by atoms with Crippen LogP contribution in [0.15, 0.2) is 30.5 Å². The molecular formula is C12H13F2NO. The largest absolute Gasteiger partial charge is 0.396 e. The predicted octanol–water partition coefficient (Wildman–Crippen LogP) is 2.65. The zero-order valence-electron chi connectivity index (χ0n) is 8.95. The minimum atomic E-state index is -2.99. The molecule has 2 rings (SSSR count). The second-order valence-electron chi connectivity index (χ2n) is 3.85. The summed E-state index contributed by atoms with van der Waals surface area (Å²) in [5.74, 6) is -2.99. The van der Waals surface area contributed by atoms with Gasteiger partial charge in [-0.1, -0.05) is 18.2 Å². The molecule has 0 saturated heterocycles. The molecule has 4 heteroatoms. The van der Waals surface area contributed by atoms with Crippen molar-refractivity contribution in [1.29, 1.82) is 0 Å². The number of nitrogens with zero attached hydrogens (tertiary/aromatic N) is 1. The molecule has 0 unspecified atom stereocenters. The van der Waals surface area contributed by atoms with Gasteiger partial charge in [-0.2, -0.15) is 0 Å². The van der Waals surface area contributed by atoms with Gasteiger partial charge in [-0.25, -0.2) is 8.78 Å². The fraction of sp³-hybridized carbons (Fsp3) is 0.333. The number of halogens is 2.